The van der Waals surface area contributed by atoms with Gasteiger partial charge in [-0.15, -0.1) is 0 Å². The Bertz CT molecular complexity index is 586. The molecule has 0 heterocycles. The van der Waals surface area contributed by atoms with Crippen LogP contribution < -0.4 is 11.1 Å². The molecule has 0 spiro atoms. The number of hydrogen-bond acceptors (Lipinski definition) is 5. The Kier molecular flexibility index (Phi) is 6.21. The Balaban J connectivity index is 3.07. The Morgan fingerprint density at radius 3 is 2.41 bits per heavy atom. The molecular formula is C14H16N2O6. The number of carbonyl (C=O) groups is 4. The number of nitrogens with two attached hydrogens (primary N) is 1. The molecule has 0 saturated heterocycles. The minimum absolute atomic E-state index is 0.0852. The number of Topliss-reactive ketones (excluding diaryl/α,β-unsaturated/α-hetero) is 1. The van der Waals surface area contributed by atoms with Crippen LogP contribution in [0.5, 0.6) is 0 Å². The van der Waals surface area contributed by atoms with Gasteiger partial charge in [-0.1, -0.05) is 24.3 Å². The van der Waals surface area contributed by atoms with Crippen molar-refractivity contribution in [2.75, 3.05) is 0 Å². The molecule has 0 fully saturated rings. The highest BCUT2D eigenvalue weighted by atomic mass is 16.4. The van der Waals surface area contributed by atoms with Gasteiger partial charge in [-0.2, -0.15) is 0 Å². The van der Waals surface area contributed by atoms with Crippen LogP contribution in [0, 0.1) is 0 Å². The third kappa shape index (κ3) is 4.67. The summed E-state index contributed by atoms with van der Waals surface area (Å²) in [6.45, 7) is 0. The first-order chi connectivity index (χ1) is 10.4. The summed E-state index contributed by atoms with van der Waals surface area (Å²) in [6.07, 6.45) is -0.411. The summed E-state index contributed by atoms with van der Waals surface area (Å²) < 4.78 is 0. The van der Waals surface area contributed by atoms with E-state index in [1.165, 1.54) is 12.1 Å². The highest BCUT2D eigenvalue weighted by Crippen LogP contribution is 2.15. The molecule has 1 amide bonds. The molecule has 1 rings (SSSR count). The zero-order valence-electron chi connectivity index (χ0n) is 11.6. The van der Waals surface area contributed by atoms with E-state index in [2.05, 4.69) is 5.32 Å². The lowest BCUT2D eigenvalue weighted by Crippen LogP contribution is -2.39. The summed E-state index contributed by atoms with van der Waals surface area (Å²) in [5.41, 5.74) is 5.98. The van der Waals surface area contributed by atoms with Crippen molar-refractivity contribution in [3.05, 3.63) is 35.4 Å². The van der Waals surface area contributed by atoms with E-state index < -0.39 is 36.2 Å². The van der Waals surface area contributed by atoms with Crippen molar-refractivity contribution in [3.63, 3.8) is 0 Å². The third-order valence-corrected chi connectivity index (χ3v) is 3.00. The number of carboxylic acids is 2. The van der Waals surface area contributed by atoms with Crippen LogP contribution in [0.2, 0.25) is 0 Å². The van der Waals surface area contributed by atoms with E-state index in [1.807, 2.05) is 0 Å². The summed E-state index contributed by atoms with van der Waals surface area (Å²) in [6, 6.07) is 3.73. The molecule has 118 valence electrons. The van der Waals surface area contributed by atoms with Gasteiger partial charge >= 0.3 is 11.9 Å². The van der Waals surface area contributed by atoms with Crippen LogP contribution in [0.1, 0.15) is 22.3 Å². The highest BCUT2D eigenvalue weighted by molar-refractivity contribution is 6.03. The fraction of sp³-hybridized carbons (Fsp3) is 0.286. The summed E-state index contributed by atoms with van der Waals surface area (Å²) in [5, 5.41) is 19.8. The van der Waals surface area contributed by atoms with E-state index >= 15 is 0 Å². The summed E-state index contributed by atoms with van der Waals surface area (Å²) in [7, 11) is 0. The minimum Gasteiger partial charge on any atom is -0.481 e. The second-order valence-electron chi connectivity index (χ2n) is 4.61. The normalized spacial score (nSPS) is 13.0. The van der Waals surface area contributed by atoms with Crippen molar-refractivity contribution in [2.24, 2.45) is 5.73 Å². The Morgan fingerprint density at radius 1 is 1.23 bits per heavy atom. The molecule has 1 aromatic rings. The lowest BCUT2D eigenvalue weighted by Gasteiger charge is -2.16. The first-order valence-electron chi connectivity index (χ1n) is 6.38. The molecule has 0 saturated carbocycles. The summed E-state index contributed by atoms with van der Waals surface area (Å²) in [5.74, 6) is -3.06. The van der Waals surface area contributed by atoms with Crippen LogP contribution >= 0.6 is 0 Å². The lowest BCUT2D eigenvalue weighted by atomic mass is 9.93. The van der Waals surface area contributed by atoms with E-state index in [9.17, 15) is 19.2 Å². The zero-order valence-corrected chi connectivity index (χ0v) is 11.6. The van der Waals surface area contributed by atoms with Crippen molar-refractivity contribution in [3.8, 4) is 0 Å². The number of carbonyl (C=O) groups excluding carboxylic acids is 2. The fourth-order valence-electron chi connectivity index (χ4n) is 1.93. The number of ketones is 1. The van der Waals surface area contributed by atoms with Gasteiger partial charge in [0.2, 0.25) is 6.41 Å². The first-order valence-corrected chi connectivity index (χ1v) is 6.38. The predicted molar refractivity (Wildman–Crippen MR) is 75.3 cm³/mol. The lowest BCUT2D eigenvalue weighted by molar-refractivity contribution is -0.139. The van der Waals surface area contributed by atoms with Crippen LogP contribution in [-0.2, 0) is 20.8 Å². The molecule has 0 radical (unpaired) electrons. The van der Waals surface area contributed by atoms with Gasteiger partial charge in [0.05, 0.1) is 6.42 Å². The molecule has 2 unspecified atom stereocenters. The van der Waals surface area contributed by atoms with Gasteiger partial charge in [0, 0.05) is 5.56 Å². The number of amides is 1. The fourth-order valence-corrected chi connectivity index (χ4v) is 1.93. The number of aliphatic carboxylic acids is 2. The van der Waals surface area contributed by atoms with E-state index in [1.54, 1.807) is 12.1 Å². The maximum absolute atomic E-state index is 12.4. The summed E-state index contributed by atoms with van der Waals surface area (Å²) in [4.78, 5) is 44.5. The van der Waals surface area contributed by atoms with Crippen molar-refractivity contribution in [1.82, 2.24) is 5.32 Å². The standard InChI is InChI=1S/C14H16N2O6/c15-10(14(21)22)5-8-3-1-2-4-9(8)13(20)11(16-7-17)6-12(18)19/h1-4,7,10-11H,5-6,15H2,(H,16,17)(H,18,19)(H,21,22). The number of hydrogen-bond donors (Lipinski definition) is 4. The highest BCUT2D eigenvalue weighted by Gasteiger charge is 2.25. The average molecular weight is 308 g/mol. The molecule has 5 N–H and O–H groups in total. The Hall–Kier alpha value is -2.74. The Morgan fingerprint density at radius 2 is 1.86 bits per heavy atom. The largest absolute Gasteiger partial charge is 0.481 e. The first kappa shape index (κ1) is 17.3. The topological polar surface area (TPSA) is 147 Å². The van der Waals surface area contributed by atoms with E-state index in [4.69, 9.17) is 15.9 Å². The third-order valence-electron chi connectivity index (χ3n) is 3.00. The molecule has 1 aromatic carbocycles. The molecule has 8 heteroatoms. The SMILES string of the molecule is NC(Cc1ccccc1C(=O)C(CC(=O)O)NC=O)C(=O)O. The number of rotatable bonds is 9. The Labute approximate surface area is 125 Å². The molecule has 22 heavy (non-hydrogen) atoms. The molecule has 0 aliphatic carbocycles. The van der Waals surface area contributed by atoms with Gasteiger partial charge in [-0.05, 0) is 12.0 Å². The van der Waals surface area contributed by atoms with Crippen LogP contribution in [0.4, 0.5) is 0 Å². The van der Waals surface area contributed by atoms with Gasteiger partial charge in [0.1, 0.15) is 12.1 Å². The molecular weight excluding hydrogens is 292 g/mol. The number of carboxylic acid groups (broad SMARTS) is 2. The predicted octanol–water partition coefficient (Wildman–Crippen LogP) is -0.587. The monoisotopic (exact) mass is 308 g/mol. The average Bonchev–Trinajstić information content (AvgIpc) is 2.46. The van der Waals surface area contributed by atoms with Crippen molar-refractivity contribution >= 4 is 24.1 Å². The zero-order chi connectivity index (χ0) is 16.7. The van der Waals surface area contributed by atoms with Crippen LogP contribution in [0.3, 0.4) is 0 Å². The summed E-state index contributed by atoms with van der Waals surface area (Å²) >= 11 is 0. The van der Waals surface area contributed by atoms with E-state index in [0.717, 1.165) is 0 Å². The van der Waals surface area contributed by atoms with Crippen molar-refractivity contribution < 1.29 is 29.4 Å². The molecule has 0 aliphatic rings. The minimum atomic E-state index is -1.24. The van der Waals surface area contributed by atoms with Crippen LogP contribution in [0.15, 0.2) is 24.3 Å². The van der Waals surface area contributed by atoms with Gasteiger partial charge < -0.3 is 21.3 Å². The van der Waals surface area contributed by atoms with Gasteiger partial charge in [0.25, 0.3) is 0 Å². The molecule has 0 aliphatic heterocycles. The quantitative estimate of drug-likeness (QED) is 0.352. The molecule has 0 bridgehead atoms. The number of nitrogens with one attached hydrogen (secondary N) is 1. The number of benzene rings is 1. The second kappa shape index (κ2) is 7.89. The molecule has 0 aromatic heterocycles. The molecule has 2 atom stereocenters. The maximum atomic E-state index is 12.4. The second-order valence-corrected chi connectivity index (χ2v) is 4.61. The van der Waals surface area contributed by atoms with E-state index in [-0.39, 0.29) is 18.4 Å². The molecule has 8 nitrogen and oxygen atoms in total. The van der Waals surface area contributed by atoms with Crippen molar-refractivity contribution in [2.45, 2.75) is 24.9 Å². The van der Waals surface area contributed by atoms with Crippen LogP contribution in [0.25, 0.3) is 0 Å². The van der Waals surface area contributed by atoms with Crippen LogP contribution in [-0.4, -0.2) is 46.4 Å². The van der Waals surface area contributed by atoms with E-state index in [0.29, 0.717) is 5.56 Å². The van der Waals surface area contributed by atoms with Gasteiger partial charge in [-0.25, -0.2) is 0 Å². The van der Waals surface area contributed by atoms with Gasteiger partial charge in [-0.3, -0.25) is 19.2 Å². The van der Waals surface area contributed by atoms with Gasteiger partial charge in [0.15, 0.2) is 5.78 Å². The smallest absolute Gasteiger partial charge is 0.320 e. The van der Waals surface area contributed by atoms with Crippen molar-refractivity contribution in [1.29, 1.82) is 0 Å². The maximum Gasteiger partial charge on any atom is 0.320 e.